The Kier molecular flexibility index (Phi) is 6.08. The normalized spacial score (nSPS) is 18.7. The number of H-pyrrole nitrogens is 1. The topological polar surface area (TPSA) is 117 Å². The smallest absolute Gasteiger partial charge is 0.275 e. The number of aryl methyl sites for hydroxylation is 2. The van der Waals surface area contributed by atoms with Crippen molar-refractivity contribution in [3.63, 3.8) is 0 Å². The van der Waals surface area contributed by atoms with Gasteiger partial charge in [0.2, 0.25) is 5.56 Å². The number of oxazole rings is 1. The van der Waals surface area contributed by atoms with Crippen molar-refractivity contribution >= 4 is 11.8 Å². The zero-order valence-corrected chi connectivity index (χ0v) is 22.1. The third kappa shape index (κ3) is 4.72. The molecule has 0 radical (unpaired) electrons. The molecule has 2 aliphatic rings. The van der Waals surface area contributed by atoms with Crippen molar-refractivity contribution in [3.05, 3.63) is 69.8 Å². The molecule has 3 aromatic rings. The minimum absolute atomic E-state index is 0.0336. The van der Waals surface area contributed by atoms with E-state index in [1.807, 2.05) is 48.4 Å². The summed E-state index contributed by atoms with van der Waals surface area (Å²) < 4.78 is 7.47. The highest BCUT2D eigenvalue weighted by Crippen LogP contribution is 2.57. The SMILES string of the molecule is Cc1cc(=O)[nH]cc1C(=O)N(Cc1nccn1C)C1CC12CCN(C(=O)c1coc(C(C)(C)C)n1)CC2. The van der Waals surface area contributed by atoms with Gasteiger partial charge in [0, 0.05) is 56.3 Å². The lowest BCUT2D eigenvalue weighted by Crippen LogP contribution is -2.43. The fourth-order valence-corrected chi connectivity index (χ4v) is 5.32. The first-order valence-electron chi connectivity index (χ1n) is 12.7. The quantitative estimate of drug-likeness (QED) is 0.568. The molecule has 2 fully saturated rings. The molecule has 10 heteroatoms. The lowest BCUT2D eigenvalue weighted by atomic mass is 9.92. The number of piperidine rings is 1. The molecule has 1 saturated heterocycles. The van der Waals surface area contributed by atoms with Gasteiger partial charge in [-0.15, -0.1) is 0 Å². The van der Waals surface area contributed by atoms with Crippen LogP contribution in [0.5, 0.6) is 0 Å². The third-order valence-electron chi connectivity index (χ3n) is 7.79. The Hall–Kier alpha value is -3.69. The minimum atomic E-state index is -0.265. The molecule has 1 atom stereocenters. The van der Waals surface area contributed by atoms with Gasteiger partial charge in [-0.05, 0) is 37.2 Å². The van der Waals surface area contributed by atoms with E-state index in [0.717, 1.165) is 25.1 Å². The summed E-state index contributed by atoms with van der Waals surface area (Å²) in [5.41, 5.74) is 0.951. The summed E-state index contributed by atoms with van der Waals surface area (Å²) in [5, 5.41) is 0. The summed E-state index contributed by atoms with van der Waals surface area (Å²) in [6.07, 6.45) is 9.05. The van der Waals surface area contributed by atoms with Crippen LogP contribution >= 0.6 is 0 Å². The molecule has 10 nitrogen and oxygen atoms in total. The van der Waals surface area contributed by atoms with Crippen LogP contribution in [-0.4, -0.2) is 60.3 Å². The number of hydrogen-bond donors (Lipinski definition) is 1. The van der Waals surface area contributed by atoms with Crippen LogP contribution in [0.2, 0.25) is 0 Å². The molecule has 2 amide bonds. The lowest BCUT2D eigenvalue weighted by Gasteiger charge is -2.34. The van der Waals surface area contributed by atoms with Gasteiger partial charge in [-0.2, -0.15) is 0 Å². The van der Waals surface area contributed by atoms with Gasteiger partial charge in [-0.1, -0.05) is 20.8 Å². The van der Waals surface area contributed by atoms with E-state index < -0.39 is 0 Å². The highest BCUT2D eigenvalue weighted by atomic mass is 16.3. The van der Waals surface area contributed by atoms with E-state index in [1.54, 1.807) is 13.1 Å². The molecule has 1 saturated carbocycles. The number of rotatable bonds is 5. The van der Waals surface area contributed by atoms with Crippen molar-refractivity contribution < 1.29 is 14.0 Å². The summed E-state index contributed by atoms with van der Waals surface area (Å²) in [5.74, 6) is 1.11. The predicted molar refractivity (Wildman–Crippen MR) is 136 cm³/mol. The van der Waals surface area contributed by atoms with Crippen LogP contribution in [0.15, 0.2) is 40.1 Å². The van der Waals surface area contributed by atoms with Crippen molar-refractivity contribution in [2.45, 2.75) is 65.0 Å². The minimum Gasteiger partial charge on any atom is -0.448 e. The van der Waals surface area contributed by atoms with Crippen molar-refractivity contribution in [1.82, 2.24) is 29.3 Å². The largest absolute Gasteiger partial charge is 0.448 e. The van der Waals surface area contributed by atoms with E-state index in [1.165, 1.54) is 18.5 Å². The summed E-state index contributed by atoms with van der Waals surface area (Å²) in [7, 11) is 1.91. The molecule has 37 heavy (non-hydrogen) atoms. The molecule has 5 rings (SSSR count). The highest BCUT2D eigenvalue weighted by Gasteiger charge is 2.59. The van der Waals surface area contributed by atoms with Crippen LogP contribution in [-0.2, 0) is 19.0 Å². The Bertz CT molecular complexity index is 1390. The molecule has 1 N–H and O–H groups in total. The highest BCUT2D eigenvalue weighted by molar-refractivity contribution is 5.96. The third-order valence-corrected chi connectivity index (χ3v) is 7.79. The average molecular weight is 507 g/mol. The van der Waals surface area contributed by atoms with E-state index in [9.17, 15) is 14.4 Å². The maximum absolute atomic E-state index is 13.7. The van der Waals surface area contributed by atoms with E-state index >= 15 is 0 Å². The number of nitrogens with zero attached hydrogens (tertiary/aromatic N) is 5. The van der Waals surface area contributed by atoms with Gasteiger partial charge < -0.3 is 23.8 Å². The lowest BCUT2D eigenvalue weighted by molar-refractivity contribution is 0.0586. The Balaban J connectivity index is 1.32. The maximum atomic E-state index is 13.7. The van der Waals surface area contributed by atoms with Crippen molar-refractivity contribution in [3.8, 4) is 0 Å². The van der Waals surface area contributed by atoms with Crippen LogP contribution in [0.25, 0.3) is 0 Å². The summed E-state index contributed by atoms with van der Waals surface area (Å²) in [6, 6.07) is 1.49. The molecule has 4 heterocycles. The molecule has 1 spiro atoms. The number of aromatic amines is 1. The number of carbonyl (C=O) groups is 2. The molecule has 1 aliphatic carbocycles. The number of aromatic nitrogens is 4. The second kappa shape index (κ2) is 9.00. The first-order chi connectivity index (χ1) is 17.5. The molecule has 1 aliphatic heterocycles. The Morgan fingerprint density at radius 2 is 2.00 bits per heavy atom. The molecular formula is C27H34N6O4. The van der Waals surface area contributed by atoms with E-state index in [2.05, 4.69) is 15.0 Å². The fraction of sp³-hybridized carbons (Fsp3) is 0.519. The summed E-state index contributed by atoms with van der Waals surface area (Å²) >= 11 is 0. The summed E-state index contributed by atoms with van der Waals surface area (Å²) in [4.78, 5) is 53.8. The second-order valence-corrected chi connectivity index (χ2v) is 11.4. The first kappa shape index (κ1) is 25.0. The number of carbonyl (C=O) groups excluding carboxylic acids is 2. The van der Waals surface area contributed by atoms with E-state index in [4.69, 9.17) is 4.42 Å². The first-order valence-corrected chi connectivity index (χ1v) is 12.7. The van der Waals surface area contributed by atoms with Crippen LogP contribution in [0, 0.1) is 12.3 Å². The van der Waals surface area contributed by atoms with Gasteiger partial charge in [0.15, 0.2) is 11.6 Å². The van der Waals surface area contributed by atoms with E-state index in [-0.39, 0.29) is 34.2 Å². The molecule has 196 valence electrons. The number of imidazole rings is 1. The molecule has 0 bridgehead atoms. The van der Waals surface area contributed by atoms with Crippen LogP contribution in [0.1, 0.15) is 78.2 Å². The van der Waals surface area contributed by atoms with Crippen molar-refractivity contribution in [2.75, 3.05) is 13.1 Å². The average Bonchev–Trinajstić information content (AvgIpc) is 3.16. The predicted octanol–water partition coefficient (Wildman–Crippen LogP) is 3.04. The van der Waals surface area contributed by atoms with Gasteiger partial charge in [-0.3, -0.25) is 14.4 Å². The Labute approximate surface area is 215 Å². The van der Waals surface area contributed by atoms with Crippen LogP contribution in [0.3, 0.4) is 0 Å². The van der Waals surface area contributed by atoms with Crippen molar-refractivity contribution in [1.29, 1.82) is 0 Å². The number of pyridine rings is 1. The standard InChI is InChI=1S/C27H34N6O4/c1-17-12-22(34)29-14-18(17)23(35)33(15-21-28-8-11-31(21)5)20-13-27(20)6-9-32(10-7-27)24(36)19-16-37-25(30-19)26(2,3)4/h8,11-12,14,16,20H,6-7,9-10,13,15H2,1-5H3,(H,29,34). The Morgan fingerprint density at radius 3 is 2.59 bits per heavy atom. The van der Waals surface area contributed by atoms with Gasteiger partial charge in [0.25, 0.3) is 11.8 Å². The zero-order valence-electron chi connectivity index (χ0n) is 22.1. The maximum Gasteiger partial charge on any atom is 0.275 e. The van der Waals surface area contributed by atoms with Gasteiger partial charge >= 0.3 is 0 Å². The number of amides is 2. The van der Waals surface area contributed by atoms with Crippen LogP contribution < -0.4 is 5.56 Å². The second-order valence-electron chi connectivity index (χ2n) is 11.4. The van der Waals surface area contributed by atoms with Gasteiger partial charge in [0.1, 0.15) is 12.1 Å². The van der Waals surface area contributed by atoms with Crippen LogP contribution in [0.4, 0.5) is 0 Å². The number of hydrogen-bond acceptors (Lipinski definition) is 6. The molecule has 0 aromatic carbocycles. The fourth-order valence-electron chi connectivity index (χ4n) is 5.32. The van der Waals surface area contributed by atoms with E-state index in [0.29, 0.717) is 42.3 Å². The number of nitrogens with one attached hydrogen (secondary N) is 1. The van der Waals surface area contributed by atoms with Gasteiger partial charge in [-0.25, -0.2) is 9.97 Å². The van der Waals surface area contributed by atoms with Crippen molar-refractivity contribution in [2.24, 2.45) is 12.5 Å². The molecule has 3 aromatic heterocycles. The number of likely N-dealkylation sites (tertiary alicyclic amines) is 1. The summed E-state index contributed by atoms with van der Waals surface area (Å²) in [6.45, 7) is 9.37. The molecule has 1 unspecified atom stereocenters. The van der Waals surface area contributed by atoms with Gasteiger partial charge in [0.05, 0.1) is 12.1 Å². The Morgan fingerprint density at radius 1 is 1.27 bits per heavy atom. The monoisotopic (exact) mass is 506 g/mol. The molecular weight excluding hydrogens is 472 g/mol. The zero-order chi connectivity index (χ0) is 26.5.